The molecule has 5 saturated heterocycles. The van der Waals surface area contributed by atoms with E-state index in [0.29, 0.717) is 0 Å². The van der Waals surface area contributed by atoms with Crippen molar-refractivity contribution in [1.29, 1.82) is 0 Å². The van der Waals surface area contributed by atoms with Gasteiger partial charge in [-0.05, 0) is 12.0 Å². The van der Waals surface area contributed by atoms with E-state index < -0.39 is 174 Å². The van der Waals surface area contributed by atoms with E-state index in [1.165, 1.54) is 0 Å². The lowest BCUT2D eigenvalue weighted by Gasteiger charge is -2.45. The van der Waals surface area contributed by atoms with Crippen molar-refractivity contribution in [3.63, 3.8) is 0 Å². The van der Waals surface area contributed by atoms with Crippen LogP contribution < -0.4 is 0 Å². The highest BCUT2D eigenvalue weighted by atomic mass is 16.8. The van der Waals surface area contributed by atoms with E-state index in [1.807, 2.05) is 0 Å². The summed E-state index contributed by atoms with van der Waals surface area (Å²) < 4.78 is 55.3. The molecule has 0 radical (unpaired) electrons. The van der Waals surface area contributed by atoms with Crippen molar-refractivity contribution in [3.05, 3.63) is 10.4 Å². The Morgan fingerprint density at radius 1 is 0.431 bits per heavy atom. The standard InChI is InChI=1S/C31H53N3O24/c32-34-33-2-1-3-49-27-23(46)19(42)16(39)11(55-27)7-52-30-25(48)26(58-31-22(45)15(38)10(5-36)54-31)18(41)13(57-30)8-51-29-24(47)20(43)17(40)12(56-29)6-50-28-21(44)14(37)9(4-35)53-28/h9-31,35-48H,1-8H2/t9-,10-,11+,12+,13+,14-,15-,16-,17-,18-,19-,20-,21+,22+,23+,24+,25+,26-,27+,28-,29+,30+,31+/m0/s1. The fourth-order valence-electron chi connectivity index (χ4n) is 6.81. The molecule has 0 bridgehead atoms. The molecule has 336 valence electrons. The summed E-state index contributed by atoms with van der Waals surface area (Å²) in [7, 11) is 0. The minimum absolute atomic E-state index is 0.0545. The SMILES string of the molecule is [N-]=[N+]=NCCCO[C@@H]1O[C@H](CO[C@@H]2O[C@H](CO[C@@H]3O[C@H](CO[C@H]4O[C@@H](CO)[C@H](O)[C@H]4O)[C@H](O)[C@H](O)[C@H]3O)[C@H](O)[C@H](O[C@H]3O[C@@H](CO)[C@H](O)[C@H]3O)[C@H]2O)[C@H](O)[C@H](O)[C@H]1O. The Hall–Kier alpha value is -1.65. The summed E-state index contributed by atoms with van der Waals surface area (Å²) in [6, 6.07) is 0. The maximum atomic E-state index is 11.3. The quantitative estimate of drug-likeness (QED) is 0.0263. The molecule has 0 aromatic carbocycles. The van der Waals surface area contributed by atoms with Gasteiger partial charge in [0.25, 0.3) is 0 Å². The van der Waals surface area contributed by atoms with Gasteiger partial charge >= 0.3 is 0 Å². The molecule has 0 aromatic rings. The third kappa shape index (κ3) is 10.7. The molecule has 5 aliphatic heterocycles. The minimum atomic E-state index is -1.96. The zero-order valence-corrected chi connectivity index (χ0v) is 30.6. The Labute approximate surface area is 328 Å². The monoisotopic (exact) mass is 851 g/mol. The Balaban J connectivity index is 1.26. The summed E-state index contributed by atoms with van der Waals surface area (Å²) in [6.45, 7) is -3.46. The van der Waals surface area contributed by atoms with Gasteiger partial charge in [-0.3, -0.25) is 0 Å². The molecule has 58 heavy (non-hydrogen) atoms. The van der Waals surface area contributed by atoms with E-state index in [1.54, 1.807) is 0 Å². The predicted molar refractivity (Wildman–Crippen MR) is 177 cm³/mol. The van der Waals surface area contributed by atoms with Crippen LogP contribution in [0.2, 0.25) is 0 Å². The van der Waals surface area contributed by atoms with Crippen molar-refractivity contribution in [1.82, 2.24) is 0 Å². The lowest BCUT2D eigenvalue weighted by Crippen LogP contribution is -2.63. The smallest absolute Gasteiger partial charge is 0.187 e. The van der Waals surface area contributed by atoms with Crippen LogP contribution in [0, 0.1) is 0 Å². The van der Waals surface area contributed by atoms with Gasteiger partial charge < -0.3 is 119 Å². The van der Waals surface area contributed by atoms with E-state index in [2.05, 4.69) is 10.0 Å². The number of ether oxygens (including phenoxy) is 10. The molecule has 14 N–H and O–H groups in total. The molecule has 0 aliphatic carbocycles. The molecule has 0 aromatic heterocycles. The normalized spacial score (nSPS) is 48.6. The fraction of sp³-hybridized carbons (Fsp3) is 1.00. The Bertz CT molecular complexity index is 1310. The second kappa shape index (κ2) is 21.4. The Kier molecular flexibility index (Phi) is 17.5. The van der Waals surface area contributed by atoms with Crippen LogP contribution in [0.15, 0.2) is 5.11 Å². The van der Waals surface area contributed by atoms with E-state index >= 15 is 0 Å². The molecular weight excluding hydrogens is 798 g/mol. The van der Waals surface area contributed by atoms with Crippen molar-refractivity contribution in [2.75, 3.05) is 46.2 Å². The van der Waals surface area contributed by atoms with Gasteiger partial charge in [0.05, 0.1) is 33.0 Å². The van der Waals surface area contributed by atoms with Gasteiger partial charge in [-0.15, -0.1) is 0 Å². The summed E-state index contributed by atoms with van der Waals surface area (Å²) in [6.07, 6.45) is -38.1. The first-order valence-electron chi connectivity index (χ1n) is 18.4. The molecule has 5 fully saturated rings. The molecule has 5 heterocycles. The summed E-state index contributed by atoms with van der Waals surface area (Å²) >= 11 is 0. The number of aliphatic hydroxyl groups is 14. The van der Waals surface area contributed by atoms with E-state index in [4.69, 9.17) is 52.9 Å². The molecule has 27 heteroatoms. The number of hydrogen-bond acceptors (Lipinski definition) is 25. The van der Waals surface area contributed by atoms with Crippen LogP contribution in [0.4, 0.5) is 0 Å². The Morgan fingerprint density at radius 3 is 1.24 bits per heavy atom. The fourth-order valence-corrected chi connectivity index (χ4v) is 6.81. The second-order valence-electron chi connectivity index (χ2n) is 14.2. The zero-order chi connectivity index (χ0) is 42.4. The first kappa shape index (κ1) is 47.4. The summed E-state index contributed by atoms with van der Waals surface area (Å²) in [5.74, 6) is 0. The molecular formula is C31H53N3O24. The number of hydrogen-bond donors (Lipinski definition) is 14. The van der Waals surface area contributed by atoms with Crippen molar-refractivity contribution in [2.45, 2.75) is 148 Å². The lowest BCUT2D eigenvalue weighted by atomic mass is 9.97. The minimum Gasteiger partial charge on any atom is -0.394 e. The second-order valence-corrected chi connectivity index (χ2v) is 14.2. The van der Waals surface area contributed by atoms with Crippen LogP contribution in [0.25, 0.3) is 10.4 Å². The molecule has 0 saturated carbocycles. The third-order valence-corrected chi connectivity index (χ3v) is 10.3. The van der Waals surface area contributed by atoms with Gasteiger partial charge in [-0.2, -0.15) is 0 Å². The summed E-state index contributed by atoms with van der Waals surface area (Å²) in [4.78, 5) is 2.61. The largest absolute Gasteiger partial charge is 0.394 e. The van der Waals surface area contributed by atoms with Crippen LogP contribution in [0.3, 0.4) is 0 Å². The third-order valence-electron chi connectivity index (χ3n) is 10.3. The first-order chi connectivity index (χ1) is 27.6. The zero-order valence-electron chi connectivity index (χ0n) is 30.6. The van der Waals surface area contributed by atoms with E-state index in [0.717, 1.165) is 0 Å². The van der Waals surface area contributed by atoms with Gasteiger partial charge in [-0.25, -0.2) is 0 Å². The highest BCUT2D eigenvalue weighted by molar-refractivity contribution is 4.96. The average molecular weight is 852 g/mol. The van der Waals surface area contributed by atoms with Crippen molar-refractivity contribution >= 4 is 0 Å². The maximum Gasteiger partial charge on any atom is 0.187 e. The van der Waals surface area contributed by atoms with Crippen LogP contribution in [-0.2, 0) is 47.4 Å². The predicted octanol–water partition coefficient (Wildman–Crippen LogP) is -8.92. The topological polar surface area (TPSA) is 424 Å². The number of azide groups is 1. The molecule has 27 nitrogen and oxygen atoms in total. The van der Waals surface area contributed by atoms with Crippen LogP contribution >= 0.6 is 0 Å². The van der Waals surface area contributed by atoms with Gasteiger partial charge in [0.1, 0.15) is 110 Å². The molecule has 0 spiro atoms. The lowest BCUT2D eigenvalue weighted by molar-refractivity contribution is -0.355. The van der Waals surface area contributed by atoms with Gasteiger partial charge in [0.2, 0.25) is 0 Å². The first-order valence-corrected chi connectivity index (χ1v) is 18.4. The highest BCUT2D eigenvalue weighted by Gasteiger charge is 2.53. The maximum absolute atomic E-state index is 11.3. The highest BCUT2D eigenvalue weighted by Crippen LogP contribution is 2.33. The molecule has 23 atom stereocenters. The van der Waals surface area contributed by atoms with Crippen LogP contribution in [0.5, 0.6) is 0 Å². The van der Waals surface area contributed by atoms with Gasteiger partial charge in [-0.1, -0.05) is 5.11 Å². The van der Waals surface area contributed by atoms with Crippen molar-refractivity contribution < 1.29 is 119 Å². The summed E-state index contributed by atoms with van der Waals surface area (Å²) in [5, 5.41) is 149. The Morgan fingerprint density at radius 2 is 0.793 bits per heavy atom. The number of rotatable bonds is 18. The van der Waals surface area contributed by atoms with Gasteiger partial charge in [0.15, 0.2) is 31.5 Å². The van der Waals surface area contributed by atoms with Crippen LogP contribution in [-0.4, -0.2) is 259 Å². The van der Waals surface area contributed by atoms with Gasteiger partial charge in [0, 0.05) is 18.1 Å². The average Bonchev–Trinajstić information content (AvgIpc) is 3.65. The van der Waals surface area contributed by atoms with Crippen LogP contribution in [0.1, 0.15) is 6.42 Å². The van der Waals surface area contributed by atoms with E-state index in [-0.39, 0.29) is 19.6 Å². The summed E-state index contributed by atoms with van der Waals surface area (Å²) in [5.41, 5.74) is 8.43. The molecule has 5 aliphatic rings. The molecule has 5 rings (SSSR count). The molecule has 0 unspecified atom stereocenters. The number of aliphatic hydroxyl groups excluding tert-OH is 14. The van der Waals surface area contributed by atoms with Crippen molar-refractivity contribution in [2.24, 2.45) is 5.11 Å². The van der Waals surface area contributed by atoms with Crippen molar-refractivity contribution in [3.8, 4) is 0 Å². The molecule has 0 amide bonds. The van der Waals surface area contributed by atoms with E-state index in [9.17, 15) is 71.5 Å². The number of nitrogens with zero attached hydrogens (tertiary/aromatic N) is 3.